The normalized spacial score (nSPS) is 17.6. The van der Waals surface area contributed by atoms with Crippen LogP contribution in [0.25, 0.3) is 0 Å². The van der Waals surface area contributed by atoms with Gasteiger partial charge >= 0.3 is 0 Å². The fourth-order valence-electron chi connectivity index (χ4n) is 2.44. The van der Waals surface area contributed by atoms with E-state index in [1.807, 2.05) is 13.0 Å². The number of aliphatic hydroxyl groups is 1. The van der Waals surface area contributed by atoms with Crippen molar-refractivity contribution >= 4 is 10.0 Å². The molecule has 1 aliphatic rings. The van der Waals surface area contributed by atoms with Crippen molar-refractivity contribution in [3.63, 3.8) is 0 Å². The molecule has 6 heteroatoms. The lowest BCUT2D eigenvalue weighted by molar-refractivity contribution is 0.276. The maximum Gasteiger partial charge on any atom is 0.247 e. The number of hydrogen-bond acceptors (Lipinski definition) is 4. The maximum absolute atomic E-state index is 12.7. The quantitative estimate of drug-likeness (QED) is 0.859. The van der Waals surface area contributed by atoms with Gasteiger partial charge in [-0.15, -0.1) is 0 Å². The summed E-state index contributed by atoms with van der Waals surface area (Å²) in [7, 11) is -3.61. The molecule has 5 nitrogen and oxygen atoms in total. The van der Waals surface area contributed by atoms with E-state index >= 15 is 0 Å². The Morgan fingerprint density at radius 1 is 1.32 bits per heavy atom. The Morgan fingerprint density at radius 2 is 2.00 bits per heavy atom. The summed E-state index contributed by atoms with van der Waals surface area (Å²) in [5.74, 6) is 0.802. The summed E-state index contributed by atoms with van der Waals surface area (Å²) in [6.45, 7) is 5.73. The van der Waals surface area contributed by atoms with E-state index in [0.717, 1.165) is 12.0 Å². The van der Waals surface area contributed by atoms with Gasteiger partial charge in [-0.2, -0.15) is 4.31 Å². The maximum atomic E-state index is 12.7. The van der Waals surface area contributed by atoms with Crippen LogP contribution in [-0.4, -0.2) is 30.9 Å². The van der Waals surface area contributed by atoms with Crippen LogP contribution in [0.5, 0.6) is 0 Å². The minimum absolute atomic E-state index is 0.127. The predicted molar refractivity (Wildman–Crippen MR) is 71.2 cm³/mol. The average molecular weight is 285 g/mol. The molecule has 0 bridgehead atoms. The van der Waals surface area contributed by atoms with Crippen molar-refractivity contribution in [3.8, 4) is 0 Å². The molecule has 0 aromatic carbocycles. The van der Waals surface area contributed by atoms with Gasteiger partial charge in [-0.1, -0.05) is 11.6 Å². The van der Waals surface area contributed by atoms with Gasteiger partial charge in [-0.3, -0.25) is 0 Å². The van der Waals surface area contributed by atoms with Crippen molar-refractivity contribution in [1.29, 1.82) is 0 Å². The summed E-state index contributed by atoms with van der Waals surface area (Å²) < 4.78 is 32.2. The van der Waals surface area contributed by atoms with Crippen molar-refractivity contribution in [2.24, 2.45) is 0 Å². The first kappa shape index (κ1) is 14.3. The molecule has 106 valence electrons. The Labute approximate surface area is 113 Å². The van der Waals surface area contributed by atoms with E-state index in [0.29, 0.717) is 30.2 Å². The summed E-state index contributed by atoms with van der Waals surface area (Å²) in [5, 5.41) is 9.37. The smallest absolute Gasteiger partial charge is 0.247 e. The van der Waals surface area contributed by atoms with Gasteiger partial charge in [0.05, 0.1) is 6.61 Å². The summed E-state index contributed by atoms with van der Waals surface area (Å²) in [6, 6.07) is 0. The standard InChI is InChI=1S/C13H19NO4S/c1-9-5-4-6-14(7-9)19(16,17)13-11(3)18-10(2)12(13)8-15/h5,15H,4,6-8H2,1-3H3. The highest BCUT2D eigenvalue weighted by Gasteiger charge is 2.32. The SMILES string of the molecule is CC1=CCCN(S(=O)(=O)c2c(C)oc(C)c2CO)C1. The minimum Gasteiger partial charge on any atom is -0.465 e. The predicted octanol–water partition coefficient (Wildman–Crippen LogP) is 1.73. The third-order valence-corrected chi connectivity index (χ3v) is 5.42. The second-order valence-electron chi connectivity index (χ2n) is 4.86. The van der Waals surface area contributed by atoms with Crippen LogP contribution in [0.4, 0.5) is 0 Å². The Morgan fingerprint density at radius 3 is 2.58 bits per heavy atom. The molecule has 0 saturated carbocycles. The molecule has 0 aliphatic carbocycles. The van der Waals surface area contributed by atoms with E-state index in [1.165, 1.54) is 4.31 Å². The van der Waals surface area contributed by atoms with Gasteiger partial charge in [0.15, 0.2) is 0 Å². The highest BCUT2D eigenvalue weighted by molar-refractivity contribution is 7.89. The molecule has 1 aromatic rings. The van der Waals surface area contributed by atoms with Crippen LogP contribution in [0, 0.1) is 13.8 Å². The third-order valence-electron chi connectivity index (χ3n) is 3.38. The zero-order valence-corrected chi connectivity index (χ0v) is 12.2. The number of sulfonamides is 1. The van der Waals surface area contributed by atoms with Crippen LogP contribution in [0.1, 0.15) is 30.4 Å². The van der Waals surface area contributed by atoms with Gasteiger partial charge < -0.3 is 9.52 Å². The first-order chi connectivity index (χ1) is 8.87. The van der Waals surface area contributed by atoms with Gasteiger partial charge in [-0.25, -0.2) is 8.42 Å². The van der Waals surface area contributed by atoms with Crippen LogP contribution in [0.2, 0.25) is 0 Å². The lowest BCUT2D eigenvalue weighted by atomic mass is 10.2. The van der Waals surface area contributed by atoms with E-state index in [-0.39, 0.29) is 11.5 Å². The molecule has 1 N–H and O–H groups in total. The number of rotatable bonds is 3. The van der Waals surface area contributed by atoms with E-state index in [2.05, 4.69) is 0 Å². The molecule has 0 fully saturated rings. The Hall–Kier alpha value is -1.11. The summed E-state index contributed by atoms with van der Waals surface area (Å²) in [4.78, 5) is 0.127. The molecule has 0 unspecified atom stereocenters. The van der Waals surface area contributed by atoms with Crippen LogP contribution in [-0.2, 0) is 16.6 Å². The molecule has 19 heavy (non-hydrogen) atoms. The van der Waals surface area contributed by atoms with E-state index < -0.39 is 10.0 Å². The van der Waals surface area contributed by atoms with Gasteiger partial charge in [0.1, 0.15) is 16.4 Å². The second-order valence-corrected chi connectivity index (χ2v) is 6.73. The van der Waals surface area contributed by atoms with Gasteiger partial charge in [-0.05, 0) is 27.2 Å². The molecular formula is C13H19NO4S. The minimum atomic E-state index is -3.61. The Kier molecular flexibility index (Phi) is 3.85. The van der Waals surface area contributed by atoms with Crippen LogP contribution >= 0.6 is 0 Å². The zero-order chi connectivity index (χ0) is 14.2. The fourth-order valence-corrected chi connectivity index (χ4v) is 4.34. The first-order valence-electron chi connectivity index (χ1n) is 6.23. The van der Waals surface area contributed by atoms with Gasteiger partial charge in [0.2, 0.25) is 10.0 Å². The van der Waals surface area contributed by atoms with Gasteiger partial charge in [0.25, 0.3) is 0 Å². The Balaban J connectivity index is 2.48. The molecule has 0 atom stereocenters. The molecule has 0 saturated heterocycles. The van der Waals surface area contributed by atoms with Crippen LogP contribution < -0.4 is 0 Å². The molecule has 2 heterocycles. The van der Waals surface area contributed by atoms with Crippen molar-refractivity contribution < 1.29 is 17.9 Å². The summed E-state index contributed by atoms with van der Waals surface area (Å²) in [5.41, 5.74) is 1.41. The molecule has 2 rings (SSSR count). The molecule has 0 amide bonds. The lowest BCUT2D eigenvalue weighted by Gasteiger charge is -2.25. The topological polar surface area (TPSA) is 70.8 Å². The number of hydrogen-bond donors (Lipinski definition) is 1. The number of aryl methyl sites for hydroxylation is 2. The van der Waals surface area contributed by atoms with Crippen molar-refractivity contribution in [3.05, 3.63) is 28.7 Å². The average Bonchev–Trinajstić information content (AvgIpc) is 2.64. The Bertz CT molecular complexity index is 613. The highest BCUT2D eigenvalue weighted by atomic mass is 32.2. The lowest BCUT2D eigenvalue weighted by Crippen LogP contribution is -2.36. The molecule has 0 spiro atoms. The van der Waals surface area contributed by atoms with Crippen LogP contribution in [0.3, 0.4) is 0 Å². The fraction of sp³-hybridized carbons (Fsp3) is 0.538. The van der Waals surface area contributed by atoms with E-state index in [1.54, 1.807) is 13.8 Å². The monoisotopic (exact) mass is 285 g/mol. The number of nitrogens with zero attached hydrogens (tertiary/aromatic N) is 1. The zero-order valence-electron chi connectivity index (χ0n) is 11.4. The molecular weight excluding hydrogens is 266 g/mol. The van der Waals surface area contributed by atoms with Crippen LogP contribution in [0.15, 0.2) is 21.0 Å². The highest BCUT2D eigenvalue weighted by Crippen LogP contribution is 2.30. The first-order valence-corrected chi connectivity index (χ1v) is 7.67. The summed E-state index contributed by atoms with van der Waals surface area (Å²) in [6.07, 6.45) is 2.77. The van der Waals surface area contributed by atoms with Crippen molar-refractivity contribution in [1.82, 2.24) is 4.31 Å². The third kappa shape index (κ3) is 2.48. The summed E-state index contributed by atoms with van der Waals surface area (Å²) >= 11 is 0. The largest absolute Gasteiger partial charge is 0.465 e. The van der Waals surface area contributed by atoms with Crippen molar-refractivity contribution in [2.75, 3.05) is 13.1 Å². The molecule has 0 radical (unpaired) electrons. The van der Waals surface area contributed by atoms with Gasteiger partial charge in [0, 0.05) is 18.7 Å². The number of furan rings is 1. The molecule has 1 aliphatic heterocycles. The second kappa shape index (κ2) is 5.11. The van der Waals surface area contributed by atoms with E-state index in [4.69, 9.17) is 4.42 Å². The molecule has 1 aromatic heterocycles. The number of aliphatic hydroxyl groups excluding tert-OH is 1. The van der Waals surface area contributed by atoms with Crippen molar-refractivity contribution in [2.45, 2.75) is 38.7 Å². The van der Waals surface area contributed by atoms with E-state index in [9.17, 15) is 13.5 Å².